The molecule has 2 heterocycles. The third kappa shape index (κ3) is 5.64. The second kappa shape index (κ2) is 10.5. The molecule has 1 aromatic rings. The number of piperidine rings is 2. The summed E-state index contributed by atoms with van der Waals surface area (Å²) in [7, 11) is 0. The minimum Gasteiger partial charge on any atom is -0.370 e. The first kappa shape index (κ1) is 21.5. The number of carbonyl (C=O) groups is 2. The first-order chi connectivity index (χ1) is 14.1. The maximum atomic E-state index is 12.6. The molecule has 0 spiro atoms. The monoisotopic (exact) mass is 400 g/mol. The van der Waals surface area contributed by atoms with Gasteiger partial charge in [0.05, 0.1) is 11.4 Å². The maximum Gasteiger partial charge on any atom is 0.319 e. The number of likely N-dealkylation sites (tertiary alicyclic amines) is 1. The van der Waals surface area contributed by atoms with Crippen LogP contribution >= 0.6 is 0 Å². The van der Waals surface area contributed by atoms with Crippen molar-refractivity contribution in [2.75, 3.05) is 36.4 Å². The summed E-state index contributed by atoms with van der Waals surface area (Å²) in [6, 6.07) is 8.01. The van der Waals surface area contributed by atoms with Gasteiger partial charge in [-0.25, -0.2) is 4.79 Å². The molecule has 0 radical (unpaired) electrons. The molecule has 0 atom stereocenters. The molecule has 0 bridgehead atoms. The summed E-state index contributed by atoms with van der Waals surface area (Å²) >= 11 is 0. The molecular weight excluding hydrogens is 364 g/mol. The minimum atomic E-state index is -0.153. The van der Waals surface area contributed by atoms with Crippen LogP contribution in [0.2, 0.25) is 0 Å². The molecule has 6 nitrogen and oxygen atoms in total. The Kier molecular flexibility index (Phi) is 7.78. The number of rotatable bonds is 6. The summed E-state index contributed by atoms with van der Waals surface area (Å²) in [6.07, 6.45) is 7.10. The normalized spacial score (nSPS) is 18.0. The van der Waals surface area contributed by atoms with Crippen LogP contribution < -0.4 is 15.5 Å². The van der Waals surface area contributed by atoms with E-state index in [-0.39, 0.29) is 23.9 Å². The van der Waals surface area contributed by atoms with Gasteiger partial charge in [0, 0.05) is 38.1 Å². The van der Waals surface area contributed by atoms with Crippen molar-refractivity contribution in [3.05, 3.63) is 24.3 Å². The van der Waals surface area contributed by atoms with E-state index in [1.54, 1.807) is 0 Å². The number of amides is 3. The van der Waals surface area contributed by atoms with Crippen molar-refractivity contribution in [2.45, 2.75) is 64.8 Å². The molecular formula is C23H36N4O2. The number of benzene rings is 1. The molecule has 3 rings (SSSR count). The number of para-hydroxylation sites is 2. The fourth-order valence-corrected chi connectivity index (χ4v) is 4.47. The SMILES string of the molecule is CCC(CC)C(=O)N1CCC(NC(=O)Nc2ccccc2N2CCCCC2)CC1. The van der Waals surface area contributed by atoms with E-state index in [0.29, 0.717) is 0 Å². The predicted molar refractivity (Wildman–Crippen MR) is 118 cm³/mol. The van der Waals surface area contributed by atoms with E-state index in [0.717, 1.165) is 63.2 Å². The summed E-state index contributed by atoms with van der Waals surface area (Å²) < 4.78 is 0. The Bertz CT molecular complexity index is 675. The van der Waals surface area contributed by atoms with Gasteiger partial charge in [0.15, 0.2) is 0 Å². The zero-order valence-corrected chi connectivity index (χ0v) is 18.0. The standard InChI is InChI=1S/C23H36N4O2/c1-3-18(4-2)22(28)27-16-12-19(13-17-27)24-23(29)25-20-10-6-7-11-21(20)26-14-8-5-9-15-26/h6-7,10-11,18-19H,3-5,8-9,12-17H2,1-2H3,(H2,24,25,29). The largest absolute Gasteiger partial charge is 0.370 e. The Morgan fingerprint density at radius 2 is 1.66 bits per heavy atom. The number of carbonyl (C=O) groups excluding carboxylic acids is 2. The van der Waals surface area contributed by atoms with E-state index < -0.39 is 0 Å². The van der Waals surface area contributed by atoms with Crippen LogP contribution in [-0.4, -0.2) is 49.1 Å². The van der Waals surface area contributed by atoms with Crippen molar-refractivity contribution in [3.8, 4) is 0 Å². The van der Waals surface area contributed by atoms with Crippen LogP contribution in [0.25, 0.3) is 0 Å². The molecule has 0 aromatic heterocycles. The first-order valence-corrected chi connectivity index (χ1v) is 11.3. The number of nitrogens with one attached hydrogen (secondary N) is 2. The van der Waals surface area contributed by atoms with E-state index >= 15 is 0 Å². The summed E-state index contributed by atoms with van der Waals surface area (Å²) in [4.78, 5) is 29.5. The van der Waals surface area contributed by atoms with Gasteiger partial charge in [0.2, 0.25) is 5.91 Å². The lowest BCUT2D eigenvalue weighted by molar-refractivity contribution is -0.136. The molecule has 2 N–H and O–H groups in total. The molecule has 0 aliphatic carbocycles. The number of hydrogen-bond donors (Lipinski definition) is 2. The van der Waals surface area contributed by atoms with E-state index in [2.05, 4.69) is 35.4 Å². The van der Waals surface area contributed by atoms with Gasteiger partial charge in [0.1, 0.15) is 0 Å². The predicted octanol–water partition coefficient (Wildman–Crippen LogP) is 4.23. The van der Waals surface area contributed by atoms with Crippen molar-refractivity contribution in [2.24, 2.45) is 5.92 Å². The number of urea groups is 1. The van der Waals surface area contributed by atoms with E-state index in [1.807, 2.05) is 23.1 Å². The molecule has 2 aliphatic rings. The van der Waals surface area contributed by atoms with Crippen LogP contribution in [0.3, 0.4) is 0 Å². The molecule has 1 aromatic carbocycles. The van der Waals surface area contributed by atoms with Crippen molar-refractivity contribution in [1.82, 2.24) is 10.2 Å². The fraction of sp³-hybridized carbons (Fsp3) is 0.652. The molecule has 2 aliphatic heterocycles. The van der Waals surface area contributed by atoms with Crippen LogP contribution in [0.15, 0.2) is 24.3 Å². The molecule has 29 heavy (non-hydrogen) atoms. The Morgan fingerprint density at radius 1 is 1.00 bits per heavy atom. The van der Waals surface area contributed by atoms with Gasteiger partial charge in [0.25, 0.3) is 0 Å². The van der Waals surface area contributed by atoms with Gasteiger partial charge in [-0.05, 0) is 57.1 Å². The van der Waals surface area contributed by atoms with Gasteiger partial charge in [-0.15, -0.1) is 0 Å². The molecule has 3 amide bonds. The molecule has 0 saturated carbocycles. The lowest BCUT2D eigenvalue weighted by Gasteiger charge is -2.34. The average molecular weight is 401 g/mol. The lowest BCUT2D eigenvalue weighted by Crippen LogP contribution is -2.48. The average Bonchev–Trinajstić information content (AvgIpc) is 2.76. The van der Waals surface area contributed by atoms with Gasteiger partial charge < -0.3 is 20.4 Å². The van der Waals surface area contributed by atoms with Gasteiger partial charge >= 0.3 is 6.03 Å². The second-order valence-electron chi connectivity index (χ2n) is 8.28. The molecule has 2 saturated heterocycles. The summed E-state index contributed by atoms with van der Waals surface area (Å²) in [5.41, 5.74) is 1.97. The Labute approximate surface area is 175 Å². The topological polar surface area (TPSA) is 64.7 Å². The third-order valence-electron chi connectivity index (χ3n) is 6.33. The van der Waals surface area contributed by atoms with Gasteiger partial charge in [-0.1, -0.05) is 26.0 Å². The molecule has 160 valence electrons. The molecule has 0 unspecified atom stereocenters. The Morgan fingerprint density at radius 3 is 2.31 bits per heavy atom. The highest BCUT2D eigenvalue weighted by atomic mass is 16.2. The smallest absolute Gasteiger partial charge is 0.319 e. The summed E-state index contributed by atoms with van der Waals surface area (Å²) in [5.74, 6) is 0.405. The lowest BCUT2D eigenvalue weighted by atomic mass is 9.98. The van der Waals surface area contributed by atoms with E-state index in [9.17, 15) is 9.59 Å². The highest BCUT2D eigenvalue weighted by molar-refractivity contribution is 5.93. The van der Waals surface area contributed by atoms with Crippen LogP contribution in [0, 0.1) is 5.92 Å². The van der Waals surface area contributed by atoms with Gasteiger partial charge in [-0.3, -0.25) is 4.79 Å². The van der Waals surface area contributed by atoms with Crippen molar-refractivity contribution in [3.63, 3.8) is 0 Å². The van der Waals surface area contributed by atoms with Crippen LogP contribution in [0.4, 0.5) is 16.2 Å². The zero-order valence-electron chi connectivity index (χ0n) is 18.0. The van der Waals surface area contributed by atoms with Crippen molar-refractivity contribution >= 4 is 23.3 Å². The number of nitrogens with zero attached hydrogens (tertiary/aromatic N) is 2. The quantitative estimate of drug-likeness (QED) is 0.751. The first-order valence-electron chi connectivity index (χ1n) is 11.3. The minimum absolute atomic E-state index is 0.114. The summed E-state index contributed by atoms with van der Waals surface area (Å²) in [5, 5.41) is 6.16. The molecule has 2 fully saturated rings. The summed E-state index contributed by atoms with van der Waals surface area (Å²) in [6.45, 7) is 7.70. The van der Waals surface area contributed by atoms with Crippen LogP contribution in [0.5, 0.6) is 0 Å². The third-order valence-corrected chi connectivity index (χ3v) is 6.33. The number of anilines is 2. The van der Waals surface area contributed by atoms with E-state index in [4.69, 9.17) is 0 Å². The zero-order chi connectivity index (χ0) is 20.6. The Balaban J connectivity index is 1.50. The maximum absolute atomic E-state index is 12.6. The van der Waals surface area contributed by atoms with Gasteiger partial charge in [-0.2, -0.15) is 0 Å². The second-order valence-corrected chi connectivity index (χ2v) is 8.28. The Hall–Kier alpha value is -2.24. The highest BCUT2D eigenvalue weighted by Crippen LogP contribution is 2.28. The fourth-order valence-electron chi connectivity index (χ4n) is 4.47. The number of hydrogen-bond acceptors (Lipinski definition) is 3. The van der Waals surface area contributed by atoms with Crippen molar-refractivity contribution in [1.29, 1.82) is 0 Å². The highest BCUT2D eigenvalue weighted by Gasteiger charge is 2.27. The van der Waals surface area contributed by atoms with Crippen molar-refractivity contribution < 1.29 is 9.59 Å². The van der Waals surface area contributed by atoms with Crippen LogP contribution in [0.1, 0.15) is 58.8 Å². The van der Waals surface area contributed by atoms with Crippen LogP contribution in [-0.2, 0) is 4.79 Å². The molecule has 6 heteroatoms. The van der Waals surface area contributed by atoms with E-state index in [1.165, 1.54) is 19.3 Å².